The summed E-state index contributed by atoms with van der Waals surface area (Å²) < 4.78 is 0. The molecule has 0 amide bonds. The zero-order chi connectivity index (χ0) is 8.10. The molecule has 1 aliphatic carbocycles. The largest absolute Gasteiger partial charge is 0.481 e. The van der Waals surface area contributed by atoms with Gasteiger partial charge in [-0.1, -0.05) is 19.3 Å². The minimum atomic E-state index is -0.663. The third-order valence-electron chi connectivity index (χ3n) is 2.26. The molecule has 11 heavy (non-hydrogen) atoms. The van der Waals surface area contributed by atoms with Gasteiger partial charge in [0.1, 0.15) is 0 Å². The lowest BCUT2D eigenvalue weighted by Gasteiger charge is -2.19. The van der Waals surface area contributed by atoms with Crippen molar-refractivity contribution in [3.63, 3.8) is 0 Å². The van der Waals surface area contributed by atoms with Crippen molar-refractivity contribution in [3.8, 4) is 0 Å². The molecule has 1 fully saturated rings. The van der Waals surface area contributed by atoms with Crippen molar-refractivity contribution in [1.29, 1.82) is 0 Å². The highest BCUT2D eigenvalue weighted by atomic mass is 16.4. The van der Waals surface area contributed by atoms with Gasteiger partial charge in [-0.2, -0.15) is 0 Å². The normalized spacial score (nSPS) is 20.0. The van der Waals surface area contributed by atoms with E-state index in [1.807, 2.05) is 0 Å². The highest BCUT2D eigenvalue weighted by Gasteiger charge is 2.14. The summed E-state index contributed by atoms with van der Waals surface area (Å²) in [5, 5.41) is 8.43. The van der Waals surface area contributed by atoms with E-state index in [0.717, 1.165) is 6.42 Å². The van der Waals surface area contributed by atoms with E-state index in [1.165, 1.54) is 25.7 Å². The highest BCUT2D eigenvalue weighted by molar-refractivity contribution is 5.66. The molecule has 2 heteroatoms. The molecular formula is C9H15O2. The molecule has 1 saturated carbocycles. The smallest absolute Gasteiger partial charge is 0.303 e. The first-order chi connectivity index (χ1) is 5.29. The van der Waals surface area contributed by atoms with E-state index in [1.54, 1.807) is 0 Å². The van der Waals surface area contributed by atoms with Gasteiger partial charge in [0.2, 0.25) is 0 Å². The maximum atomic E-state index is 10.2. The maximum absolute atomic E-state index is 10.2. The summed E-state index contributed by atoms with van der Waals surface area (Å²) in [6.07, 6.45) is 8.42. The quantitative estimate of drug-likeness (QED) is 0.678. The van der Waals surface area contributed by atoms with E-state index in [4.69, 9.17) is 5.11 Å². The predicted octanol–water partition coefficient (Wildman–Crippen LogP) is 2.25. The fourth-order valence-corrected chi connectivity index (χ4v) is 1.59. The third kappa shape index (κ3) is 3.40. The van der Waals surface area contributed by atoms with Crippen LogP contribution in [-0.2, 0) is 4.79 Å². The van der Waals surface area contributed by atoms with Crippen LogP contribution in [0.4, 0.5) is 0 Å². The van der Waals surface area contributed by atoms with Gasteiger partial charge in [0.25, 0.3) is 0 Å². The zero-order valence-corrected chi connectivity index (χ0v) is 6.75. The summed E-state index contributed by atoms with van der Waals surface area (Å²) in [5.41, 5.74) is 0. The van der Waals surface area contributed by atoms with Gasteiger partial charge in [0.05, 0.1) is 0 Å². The Morgan fingerprint density at radius 3 is 2.91 bits per heavy atom. The first-order valence-electron chi connectivity index (χ1n) is 4.34. The molecular weight excluding hydrogens is 140 g/mol. The van der Waals surface area contributed by atoms with Crippen LogP contribution in [-0.4, -0.2) is 11.1 Å². The summed E-state index contributed by atoms with van der Waals surface area (Å²) in [7, 11) is 0. The topological polar surface area (TPSA) is 37.3 Å². The minimum absolute atomic E-state index is 0.334. The van der Waals surface area contributed by atoms with Gasteiger partial charge in [-0.25, -0.2) is 0 Å². The summed E-state index contributed by atoms with van der Waals surface area (Å²) >= 11 is 0. The lowest BCUT2D eigenvalue weighted by atomic mass is 9.86. The summed E-state index contributed by atoms with van der Waals surface area (Å²) in [6, 6.07) is 0. The summed E-state index contributed by atoms with van der Waals surface area (Å²) in [4.78, 5) is 10.2. The number of hydrogen-bond donors (Lipinski definition) is 1. The Labute approximate surface area is 67.6 Å². The minimum Gasteiger partial charge on any atom is -0.481 e. The molecule has 0 saturated heterocycles. The predicted molar refractivity (Wildman–Crippen MR) is 43.1 cm³/mol. The maximum Gasteiger partial charge on any atom is 0.303 e. The summed E-state index contributed by atoms with van der Waals surface area (Å²) in [5.74, 6) is -0.0798. The van der Waals surface area contributed by atoms with Gasteiger partial charge in [-0.05, 0) is 25.2 Å². The van der Waals surface area contributed by atoms with E-state index >= 15 is 0 Å². The van der Waals surface area contributed by atoms with Crippen molar-refractivity contribution in [2.75, 3.05) is 0 Å². The Hall–Kier alpha value is -0.530. The van der Waals surface area contributed by atoms with Gasteiger partial charge in [-0.15, -0.1) is 0 Å². The van der Waals surface area contributed by atoms with Gasteiger partial charge >= 0.3 is 5.97 Å². The van der Waals surface area contributed by atoms with Crippen LogP contribution < -0.4 is 0 Å². The van der Waals surface area contributed by atoms with E-state index in [0.29, 0.717) is 12.3 Å². The first kappa shape index (κ1) is 8.57. The third-order valence-corrected chi connectivity index (χ3v) is 2.26. The Morgan fingerprint density at radius 2 is 2.36 bits per heavy atom. The second-order valence-electron chi connectivity index (χ2n) is 3.21. The zero-order valence-electron chi connectivity index (χ0n) is 6.75. The van der Waals surface area contributed by atoms with Crippen LogP contribution in [0.2, 0.25) is 0 Å². The van der Waals surface area contributed by atoms with Crippen LogP contribution in [0.25, 0.3) is 0 Å². The average Bonchev–Trinajstić information content (AvgIpc) is 2.03. The van der Waals surface area contributed by atoms with E-state index in [2.05, 4.69) is 6.42 Å². The number of rotatable bonds is 3. The Balaban J connectivity index is 2.09. The van der Waals surface area contributed by atoms with Crippen molar-refractivity contribution >= 4 is 5.97 Å². The van der Waals surface area contributed by atoms with Crippen molar-refractivity contribution in [2.45, 2.75) is 38.5 Å². The number of aliphatic carboxylic acids is 1. The second-order valence-corrected chi connectivity index (χ2v) is 3.21. The van der Waals surface area contributed by atoms with Crippen molar-refractivity contribution < 1.29 is 9.90 Å². The van der Waals surface area contributed by atoms with E-state index in [-0.39, 0.29) is 0 Å². The van der Waals surface area contributed by atoms with Crippen LogP contribution in [0.3, 0.4) is 0 Å². The lowest BCUT2D eigenvalue weighted by Crippen LogP contribution is -2.09. The molecule has 1 radical (unpaired) electrons. The lowest BCUT2D eigenvalue weighted by molar-refractivity contribution is -0.137. The molecule has 1 atom stereocenters. The fourth-order valence-electron chi connectivity index (χ4n) is 1.59. The molecule has 1 N–H and O–H groups in total. The monoisotopic (exact) mass is 155 g/mol. The SMILES string of the molecule is O=C(O)CCC1[CH]CCCC1. The molecule has 63 valence electrons. The van der Waals surface area contributed by atoms with Gasteiger partial charge < -0.3 is 5.11 Å². The van der Waals surface area contributed by atoms with Crippen LogP contribution in [0, 0.1) is 12.3 Å². The Kier molecular flexibility index (Phi) is 3.40. The molecule has 0 aromatic rings. The van der Waals surface area contributed by atoms with E-state index in [9.17, 15) is 4.79 Å². The van der Waals surface area contributed by atoms with Gasteiger partial charge in [0.15, 0.2) is 0 Å². The molecule has 1 aliphatic rings. The molecule has 0 aromatic carbocycles. The highest BCUT2D eigenvalue weighted by Crippen LogP contribution is 2.26. The van der Waals surface area contributed by atoms with Gasteiger partial charge in [0, 0.05) is 6.42 Å². The van der Waals surface area contributed by atoms with Crippen LogP contribution in [0.1, 0.15) is 38.5 Å². The second kappa shape index (κ2) is 4.37. The molecule has 0 heterocycles. The average molecular weight is 155 g/mol. The van der Waals surface area contributed by atoms with Crippen molar-refractivity contribution in [3.05, 3.63) is 6.42 Å². The molecule has 1 unspecified atom stereocenters. The van der Waals surface area contributed by atoms with Crippen LogP contribution in [0.5, 0.6) is 0 Å². The standard InChI is InChI=1S/C9H15O2/c10-9(11)7-6-8-4-2-1-3-5-8/h4,8H,1-3,5-7H2,(H,10,11). The summed E-state index contributed by atoms with van der Waals surface area (Å²) in [6.45, 7) is 0. The van der Waals surface area contributed by atoms with Crippen molar-refractivity contribution in [2.24, 2.45) is 5.92 Å². The first-order valence-corrected chi connectivity index (χ1v) is 4.34. The number of carboxylic acids is 1. The van der Waals surface area contributed by atoms with Crippen LogP contribution in [0.15, 0.2) is 0 Å². The number of carboxylic acid groups (broad SMARTS) is 1. The Bertz CT molecular complexity index is 126. The molecule has 0 aromatic heterocycles. The molecule has 2 nitrogen and oxygen atoms in total. The number of hydrogen-bond acceptors (Lipinski definition) is 1. The molecule has 0 spiro atoms. The molecule has 0 aliphatic heterocycles. The van der Waals surface area contributed by atoms with Gasteiger partial charge in [-0.3, -0.25) is 4.79 Å². The van der Waals surface area contributed by atoms with Crippen LogP contribution >= 0.6 is 0 Å². The number of carbonyl (C=O) groups is 1. The van der Waals surface area contributed by atoms with E-state index < -0.39 is 5.97 Å². The van der Waals surface area contributed by atoms with Crippen molar-refractivity contribution in [1.82, 2.24) is 0 Å². The Morgan fingerprint density at radius 1 is 1.55 bits per heavy atom. The fraction of sp³-hybridized carbons (Fsp3) is 0.778. The molecule has 1 rings (SSSR count). The molecule has 0 bridgehead atoms.